The molecule has 0 bridgehead atoms. The molecule has 1 aliphatic rings. The minimum Gasteiger partial charge on any atom is -0.442 e. The van der Waals surface area contributed by atoms with E-state index in [1.54, 1.807) is 24.3 Å². The predicted molar refractivity (Wildman–Crippen MR) is 213 cm³/mol. The Kier molecular flexibility index (Phi) is 10.6. The molecule has 0 N–H and O–H groups in total. The summed E-state index contributed by atoms with van der Waals surface area (Å²) in [5.41, 5.74) is 5.85. The summed E-state index contributed by atoms with van der Waals surface area (Å²) in [6.07, 6.45) is 3.81. The lowest BCUT2D eigenvalue weighted by Gasteiger charge is -2.28. The standard InChI is InChI=1S/C40H30Br4F2N2O2/c1-47(2)29-17-9-25(10-18-29)31(23-5-13-27(45)14-6-23)21-40(34-33(39(49)50-40)35(41)37(43)38(44)36(34)42)22-32(24-7-15-28(46)16-8-24)26-11-19-30(20-12-26)48(3)4/h5-22H,1-4H3. The fraction of sp³-hybridized carbons (Fsp3) is 0.125. The molecule has 0 amide bonds. The molecule has 50 heavy (non-hydrogen) atoms. The smallest absolute Gasteiger partial charge is 0.341 e. The summed E-state index contributed by atoms with van der Waals surface area (Å²) < 4.78 is 37.6. The summed E-state index contributed by atoms with van der Waals surface area (Å²) in [6.45, 7) is 0. The molecule has 0 saturated heterocycles. The first-order valence-electron chi connectivity index (χ1n) is 15.4. The average molecular weight is 928 g/mol. The van der Waals surface area contributed by atoms with Crippen LogP contribution in [0, 0.1) is 11.6 Å². The van der Waals surface area contributed by atoms with Gasteiger partial charge in [-0.25, -0.2) is 13.6 Å². The number of rotatable bonds is 8. The maximum absolute atomic E-state index is 14.3. The van der Waals surface area contributed by atoms with Crippen LogP contribution in [0.15, 0.2) is 127 Å². The molecule has 5 aromatic rings. The van der Waals surface area contributed by atoms with Crippen LogP contribution in [0.3, 0.4) is 0 Å². The third-order valence-corrected chi connectivity index (χ3v) is 13.3. The minimum atomic E-state index is -1.52. The van der Waals surface area contributed by atoms with E-state index in [-0.39, 0.29) is 11.6 Å². The molecule has 0 fully saturated rings. The summed E-state index contributed by atoms with van der Waals surface area (Å²) in [6, 6.07) is 28.4. The van der Waals surface area contributed by atoms with Crippen LogP contribution in [-0.4, -0.2) is 34.2 Å². The SMILES string of the molecule is CN(C)c1ccc(C(=CC2(C=C(c3ccc(F)cc3)c3ccc(N(C)C)cc3)OC(=O)c3c(Br)c(Br)c(Br)c(Br)c32)c2ccc(F)cc2)cc1. The second-order valence-corrected chi connectivity index (χ2v) is 15.4. The lowest BCUT2D eigenvalue weighted by molar-refractivity contribution is 0.0298. The van der Waals surface area contributed by atoms with Crippen molar-refractivity contribution < 1.29 is 18.3 Å². The van der Waals surface area contributed by atoms with E-state index in [9.17, 15) is 13.6 Å². The highest BCUT2D eigenvalue weighted by molar-refractivity contribution is 9.15. The number of esters is 1. The van der Waals surface area contributed by atoms with E-state index in [2.05, 4.69) is 63.7 Å². The van der Waals surface area contributed by atoms with Crippen LogP contribution in [0.25, 0.3) is 11.1 Å². The highest BCUT2D eigenvalue weighted by atomic mass is 79.9. The van der Waals surface area contributed by atoms with Gasteiger partial charge in [0.1, 0.15) is 11.6 Å². The molecular weight excluding hydrogens is 898 g/mol. The molecule has 0 unspecified atom stereocenters. The molecule has 0 saturated carbocycles. The van der Waals surface area contributed by atoms with Gasteiger partial charge < -0.3 is 14.5 Å². The summed E-state index contributed by atoms with van der Waals surface area (Å²) in [5, 5.41) is 0. The van der Waals surface area contributed by atoms with Gasteiger partial charge in [-0.2, -0.15) is 0 Å². The Morgan fingerprint density at radius 1 is 0.560 bits per heavy atom. The van der Waals surface area contributed by atoms with Crippen molar-refractivity contribution in [2.45, 2.75) is 5.60 Å². The monoisotopic (exact) mass is 924 g/mol. The normalized spacial score (nSPS) is 15.9. The van der Waals surface area contributed by atoms with Crippen LogP contribution in [0.4, 0.5) is 20.2 Å². The molecule has 10 heteroatoms. The molecule has 0 aliphatic carbocycles. The number of fused-ring (bicyclic) bond motifs is 1. The van der Waals surface area contributed by atoms with E-state index in [4.69, 9.17) is 4.74 Å². The number of nitrogens with zero attached hydrogens (tertiary/aromatic N) is 2. The molecule has 0 aromatic heterocycles. The number of benzene rings is 5. The highest BCUT2D eigenvalue weighted by Crippen LogP contribution is 2.53. The molecular formula is C40H30Br4F2N2O2. The Balaban J connectivity index is 1.74. The van der Waals surface area contributed by atoms with Gasteiger partial charge in [-0.15, -0.1) is 0 Å². The summed E-state index contributed by atoms with van der Waals surface area (Å²) >= 11 is 14.8. The van der Waals surface area contributed by atoms with Crippen molar-refractivity contribution in [1.29, 1.82) is 0 Å². The number of ether oxygens (including phenoxy) is 1. The first-order valence-corrected chi connectivity index (χ1v) is 18.6. The van der Waals surface area contributed by atoms with Crippen molar-refractivity contribution in [1.82, 2.24) is 0 Å². The van der Waals surface area contributed by atoms with Crippen molar-refractivity contribution in [3.8, 4) is 0 Å². The number of cyclic esters (lactones) is 1. The van der Waals surface area contributed by atoms with Crippen molar-refractivity contribution in [3.05, 3.63) is 172 Å². The summed E-state index contributed by atoms with van der Waals surface area (Å²) in [5.74, 6) is -1.29. The third-order valence-electron chi connectivity index (χ3n) is 8.54. The number of hydrogen-bond acceptors (Lipinski definition) is 4. The fourth-order valence-electron chi connectivity index (χ4n) is 5.92. The Morgan fingerprint density at radius 2 is 0.900 bits per heavy atom. The lowest BCUT2D eigenvalue weighted by Crippen LogP contribution is -2.23. The van der Waals surface area contributed by atoms with E-state index in [0.29, 0.717) is 51.3 Å². The Labute approximate surface area is 324 Å². The highest BCUT2D eigenvalue weighted by Gasteiger charge is 2.48. The number of hydrogen-bond donors (Lipinski definition) is 0. The van der Waals surface area contributed by atoms with Gasteiger partial charge in [0.25, 0.3) is 0 Å². The minimum absolute atomic E-state index is 0.335. The average Bonchev–Trinajstić information content (AvgIpc) is 3.40. The molecule has 0 radical (unpaired) electrons. The number of carbonyl (C=O) groups is 1. The second kappa shape index (κ2) is 14.6. The lowest BCUT2D eigenvalue weighted by atomic mass is 9.83. The van der Waals surface area contributed by atoms with Crippen LogP contribution in [0.1, 0.15) is 38.2 Å². The van der Waals surface area contributed by atoms with Gasteiger partial charge in [-0.05, 0) is 158 Å². The summed E-state index contributed by atoms with van der Waals surface area (Å²) in [4.78, 5) is 18.1. The molecule has 5 aromatic carbocycles. The van der Waals surface area contributed by atoms with Gasteiger partial charge in [0.05, 0.1) is 5.56 Å². The zero-order valence-electron chi connectivity index (χ0n) is 27.4. The van der Waals surface area contributed by atoms with Crippen LogP contribution in [0.5, 0.6) is 0 Å². The first kappa shape index (κ1) is 36.2. The number of anilines is 2. The van der Waals surface area contributed by atoms with Gasteiger partial charge >= 0.3 is 5.97 Å². The zero-order valence-corrected chi connectivity index (χ0v) is 33.7. The number of carbonyl (C=O) groups excluding carboxylic acids is 1. The molecule has 4 nitrogen and oxygen atoms in total. The van der Waals surface area contributed by atoms with Crippen molar-refractivity contribution >= 4 is 92.2 Å². The van der Waals surface area contributed by atoms with Crippen LogP contribution in [-0.2, 0) is 10.3 Å². The maximum atomic E-state index is 14.3. The molecule has 0 atom stereocenters. The summed E-state index contributed by atoms with van der Waals surface area (Å²) in [7, 11) is 7.86. The second-order valence-electron chi connectivity index (χ2n) is 12.2. The Hall–Kier alpha value is -3.57. The van der Waals surface area contributed by atoms with E-state index >= 15 is 0 Å². The maximum Gasteiger partial charge on any atom is 0.341 e. The molecule has 1 aliphatic heterocycles. The van der Waals surface area contributed by atoms with Crippen molar-refractivity contribution in [2.75, 3.05) is 38.0 Å². The molecule has 254 valence electrons. The largest absolute Gasteiger partial charge is 0.442 e. The molecule has 6 rings (SSSR count). The third kappa shape index (κ3) is 7.00. The molecule has 0 spiro atoms. The van der Waals surface area contributed by atoms with Crippen molar-refractivity contribution in [2.24, 2.45) is 0 Å². The van der Waals surface area contributed by atoms with Gasteiger partial charge in [-0.1, -0.05) is 48.5 Å². The molecule has 1 heterocycles. The van der Waals surface area contributed by atoms with E-state index in [1.807, 2.05) is 98.7 Å². The quantitative estimate of drug-likeness (QED) is 0.0882. The van der Waals surface area contributed by atoms with Gasteiger partial charge in [0.15, 0.2) is 5.60 Å². The van der Waals surface area contributed by atoms with Gasteiger partial charge in [-0.3, -0.25) is 0 Å². The van der Waals surface area contributed by atoms with Gasteiger partial charge in [0, 0.05) is 63.0 Å². The predicted octanol–water partition coefficient (Wildman–Crippen LogP) is 11.8. The van der Waals surface area contributed by atoms with E-state index in [0.717, 1.165) is 22.5 Å². The van der Waals surface area contributed by atoms with E-state index in [1.165, 1.54) is 24.3 Å². The zero-order chi connectivity index (χ0) is 35.9. The van der Waals surface area contributed by atoms with E-state index < -0.39 is 11.6 Å². The van der Waals surface area contributed by atoms with Gasteiger partial charge in [0.2, 0.25) is 0 Å². The number of halogens is 6. The van der Waals surface area contributed by atoms with Crippen molar-refractivity contribution in [3.63, 3.8) is 0 Å². The fourth-order valence-corrected chi connectivity index (χ4v) is 8.51. The van der Waals surface area contributed by atoms with Crippen LogP contribution >= 0.6 is 63.7 Å². The Bertz CT molecular complexity index is 2030. The first-order chi connectivity index (χ1) is 23.8. The van der Waals surface area contributed by atoms with Crippen LogP contribution < -0.4 is 9.80 Å². The topological polar surface area (TPSA) is 32.8 Å². The van der Waals surface area contributed by atoms with Crippen LogP contribution in [0.2, 0.25) is 0 Å². The Morgan fingerprint density at radius 3 is 1.26 bits per heavy atom.